The summed E-state index contributed by atoms with van der Waals surface area (Å²) in [5, 5.41) is 2.99. The van der Waals surface area contributed by atoms with Gasteiger partial charge in [-0.05, 0) is 18.9 Å². The first-order valence-electron chi connectivity index (χ1n) is 5.17. The van der Waals surface area contributed by atoms with Gasteiger partial charge in [0.2, 0.25) is 5.91 Å². The van der Waals surface area contributed by atoms with Crippen LogP contribution in [0.2, 0.25) is 0 Å². The molecule has 3 heterocycles. The van der Waals surface area contributed by atoms with Crippen molar-refractivity contribution >= 4 is 11.7 Å². The molecule has 1 aromatic rings. The summed E-state index contributed by atoms with van der Waals surface area (Å²) in [6, 6.07) is 2.20. The van der Waals surface area contributed by atoms with Crippen LogP contribution in [0, 0.1) is 0 Å². The maximum atomic E-state index is 11.6. The molecule has 2 fully saturated rings. The maximum Gasteiger partial charge on any atom is 0.243 e. The fraction of sp³-hybridized carbons (Fsp3) is 0.500. The molecule has 2 saturated heterocycles. The zero-order chi connectivity index (χ0) is 10.3. The van der Waals surface area contributed by atoms with E-state index in [1.54, 1.807) is 6.20 Å². The predicted molar refractivity (Wildman–Crippen MR) is 54.3 cm³/mol. The molecule has 0 aliphatic carbocycles. The number of aromatic nitrogens is 2. The van der Waals surface area contributed by atoms with Gasteiger partial charge in [-0.15, -0.1) is 0 Å². The molecule has 5 nitrogen and oxygen atoms in total. The fourth-order valence-corrected chi connectivity index (χ4v) is 2.37. The van der Waals surface area contributed by atoms with Crippen LogP contribution < -0.4 is 10.2 Å². The van der Waals surface area contributed by atoms with E-state index < -0.39 is 0 Å². The molecule has 2 aliphatic heterocycles. The maximum absolute atomic E-state index is 11.6. The van der Waals surface area contributed by atoms with Gasteiger partial charge in [0.1, 0.15) is 18.2 Å². The molecule has 78 valence electrons. The molecule has 0 saturated carbocycles. The minimum Gasteiger partial charge on any atom is -0.351 e. The second-order valence-electron chi connectivity index (χ2n) is 4.01. The summed E-state index contributed by atoms with van der Waals surface area (Å²) in [5.41, 5.74) is 0. The van der Waals surface area contributed by atoms with E-state index >= 15 is 0 Å². The van der Waals surface area contributed by atoms with Crippen molar-refractivity contribution in [2.45, 2.75) is 24.9 Å². The zero-order valence-corrected chi connectivity index (χ0v) is 8.26. The van der Waals surface area contributed by atoms with E-state index in [4.69, 9.17) is 0 Å². The Kier molecular flexibility index (Phi) is 1.83. The van der Waals surface area contributed by atoms with E-state index in [0.717, 1.165) is 25.2 Å². The first kappa shape index (κ1) is 8.64. The van der Waals surface area contributed by atoms with Crippen LogP contribution in [0.1, 0.15) is 12.8 Å². The molecule has 0 aromatic carbocycles. The highest BCUT2D eigenvalue weighted by Crippen LogP contribution is 2.27. The molecule has 1 N–H and O–H groups in total. The second-order valence-corrected chi connectivity index (χ2v) is 4.01. The normalized spacial score (nSPS) is 29.1. The first-order chi connectivity index (χ1) is 7.34. The molecule has 1 amide bonds. The highest BCUT2D eigenvalue weighted by atomic mass is 16.2. The fourth-order valence-electron chi connectivity index (χ4n) is 2.37. The Labute approximate surface area is 87.5 Å². The molecular formula is C10H12N4O. The lowest BCUT2D eigenvalue weighted by atomic mass is 10.0. The number of anilines is 1. The van der Waals surface area contributed by atoms with E-state index in [2.05, 4.69) is 20.2 Å². The molecule has 2 unspecified atom stereocenters. The first-order valence-corrected chi connectivity index (χ1v) is 5.17. The lowest BCUT2D eigenvalue weighted by molar-refractivity contribution is -0.120. The summed E-state index contributed by atoms with van der Waals surface area (Å²) in [5.74, 6) is 0.988. The van der Waals surface area contributed by atoms with E-state index in [9.17, 15) is 4.79 Å². The third kappa shape index (κ3) is 1.35. The van der Waals surface area contributed by atoms with Crippen LogP contribution in [0.5, 0.6) is 0 Å². The Bertz CT molecular complexity index is 380. The Morgan fingerprint density at radius 2 is 2.47 bits per heavy atom. The molecule has 5 heteroatoms. The van der Waals surface area contributed by atoms with Crippen LogP contribution in [0.3, 0.4) is 0 Å². The quantitative estimate of drug-likeness (QED) is 0.696. The highest BCUT2D eigenvalue weighted by Gasteiger charge is 2.40. The van der Waals surface area contributed by atoms with Crippen molar-refractivity contribution < 1.29 is 4.79 Å². The van der Waals surface area contributed by atoms with Crippen molar-refractivity contribution in [3.63, 3.8) is 0 Å². The van der Waals surface area contributed by atoms with Crippen LogP contribution in [-0.4, -0.2) is 34.5 Å². The van der Waals surface area contributed by atoms with Crippen LogP contribution in [-0.2, 0) is 4.79 Å². The van der Waals surface area contributed by atoms with Crippen molar-refractivity contribution in [2.75, 3.05) is 11.4 Å². The Morgan fingerprint density at radius 1 is 1.53 bits per heavy atom. The van der Waals surface area contributed by atoms with Crippen LogP contribution in [0.15, 0.2) is 18.6 Å². The number of hydrogen-bond acceptors (Lipinski definition) is 4. The van der Waals surface area contributed by atoms with E-state index in [1.807, 2.05) is 6.07 Å². The van der Waals surface area contributed by atoms with Gasteiger partial charge in [0, 0.05) is 18.8 Å². The van der Waals surface area contributed by atoms with Crippen molar-refractivity contribution in [1.29, 1.82) is 0 Å². The lowest BCUT2D eigenvalue weighted by Gasteiger charge is -2.31. The van der Waals surface area contributed by atoms with E-state index in [1.165, 1.54) is 6.33 Å². The number of carbonyl (C=O) groups excluding carboxylic acids is 1. The topological polar surface area (TPSA) is 58.1 Å². The number of hydrogen-bond donors (Lipinski definition) is 1. The van der Waals surface area contributed by atoms with Gasteiger partial charge in [-0.2, -0.15) is 0 Å². The van der Waals surface area contributed by atoms with Gasteiger partial charge in [-0.3, -0.25) is 4.79 Å². The molecule has 0 spiro atoms. The monoisotopic (exact) mass is 204 g/mol. The number of piperidine rings is 1. The van der Waals surface area contributed by atoms with E-state index in [-0.39, 0.29) is 11.9 Å². The lowest BCUT2D eigenvalue weighted by Crippen LogP contribution is -2.42. The number of carbonyl (C=O) groups is 1. The van der Waals surface area contributed by atoms with Gasteiger partial charge in [0.05, 0.1) is 0 Å². The Morgan fingerprint density at radius 3 is 3.27 bits per heavy atom. The Hall–Kier alpha value is -1.65. The van der Waals surface area contributed by atoms with Gasteiger partial charge < -0.3 is 10.2 Å². The summed E-state index contributed by atoms with van der Waals surface area (Å²) in [7, 11) is 0. The molecule has 2 bridgehead atoms. The van der Waals surface area contributed by atoms with Crippen molar-refractivity contribution in [3.05, 3.63) is 18.6 Å². The largest absolute Gasteiger partial charge is 0.351 e. The molecular weight excluding hydrogens is 192 g/mol. The number of nitrogens with zero attached hydrogens (tertiary/aromatic N) is 3. The summed E-state index contributed by atoms with van der Waals surface area (Å²) in [4.78, 5) is 21.8. The van der Waals surface area contributed by atoms with Crippen molar-refractivity contribution in [1.82, 2.24) is 15.3 Å². The summed E-state index contributed by atoms with van der Waals surface area (Å²) in [6.07, 6.45) is 5.14. The molecule has 15 heavy (non-hydrogen) atoms. The number of nitrogens with one attached hydrogen (secondary N) is 1. The molecule has 1 aromatic heterocycles. The second kappa shape index (κ2) is 3.18. The predicted octanol–water partition coefficient (Wildman–Crippen LogP) is -0.0562. The molecule has 2 aliphatic rings. The minimum absolute atomic E-state index is 0.0290. The number of amides is 1. The standard InChI is InChI=1S/C10H12N4O/c15-10-8-5-7(13-10)2-4-14(8)9-1-3-11-6-12-9/h1,3,6-8H,2,4-5H2,(H,13,15). The minimum atomic E-state index is -0.0290. The third-order valence-electron chi connectivity index (χ3n) is 3.11. The van der Waals surface area contributed by atoms with Gasteiger partial charge in [0.25, 0.3) is 0 Å². The third-order valence-corrected chi connectivity index (χ3v) is 3.11. The average Bonchev–Trinajstić information content (AvgIpc) is 2.57. The summed E-state index contributed by atoms with van der Waals surface area (Å²) < 4.78 is 0. The van der Waals surface area contributed by atoms with E-state index in [0.29, 0.717) is 6.04 Å². The Balaban J connectivity index is 1.91. The number of fused-ring (bicyclic) bond motifs is 2. The molecule has 3 rings (SSSR count). The van der Waals surface area contributed by atoms with Gasteiger partial charge in [0.15, 0.2) is 0 Å². The van der Waals surface area contributed by atoms with Crippen LogP contribution in [0.25, 0.3) is 0 Å². The van der Waals surface area contributed by atoms with Gasteiger partial charge in [-0.25, -0.2) is 9.97 Å². The smallest absolute Gasteiger partial charge is 0.243 e. The SMILES string of the molecule is O=C1NC2CCN(c3ccncn3)C1C2. The summed E-state index contributed by atoms with van der Waals surface area (Å²) in [6.45, 7) is 0.894. The van der Waals surface area contributed by atoms with Crippen LogP contribution >= 0.6 is 0 Å². The molecule has 2 atom stereocenters. The van der Waals surface area contributed by atoms with Gasteiger partial charge >= 0.3 is 0 Å². The van der Waals surface area contributed by atoms with Crippen molar-refractivity contribution in [2.24, 2.45) is 0 Å². The summed E-state index contributed by atoms with van der Waals surface area (Å²) >= 11 is 0. The zero-order valence-electron chi connectivity index (χ0n) is 8.26. The highest BCUT2D eigenvalue weighted by molar-refractivity contribution is 5.88. The average molecular weight is 204 g/mol. The van der Waals surface area contributed by atoms with Gasteiger partial charge in [-0.1, -0.05) is 0 Å². The number of rotatable bonds is 1. The molecule has 0 radical (unpaired) electrons. The van der Waals surface area contributed by atoms with Crippen LogP contribution in [0.4, 0.5) is 5.82 Å². The van der Waals surface area contributed by atoms with Crippen molar-refractivity contribution in [3.8, 4) is 0 Å².